The van der Waals surface area contributed by atoms with E-state index in [1.165, 1.54) is 12.1 Å². The van der Waals surface area contributed by atoms with Crippen molar-refractivity contribution < 1.29 is 4.39 Å². The fraction of sp³-hybridized carbons (Fsp3) is 0.133. The van der Waals surface area contributed by atoms with Gasteiger partial charge in [-0.3, -0.25) is 0 Å². The Morgan fingerprint density at radius 2 is 1.74 bits per heavy atom. The molecular formula is C15H12BrFN2. The second-order valence-corrected chi connectivity index (χ2v) is 5.15. The number of nitrogens with zero attached hydrogens (tertiary/aromatic N) is 1. The molecular weight excluding hydrogens is 307 g/mol. The van der Waals surface area contributed by atoms with E-state index in [4.69, 9.17) is 5.26 Å². The Bertz CT molecular complexity index is 651. The molecule has 0 aliphatic carbocycles. The van der Waals surface area contributed by atoms with E-state index in [0.717, 1.165) is 21.3 Å². The maximum Gasteiger partial charge on any atom is 0.143 e. The number of anilines is 2. The molecule has 0 aromatic heterocycles. The van der Waals surface area contributed by atoms with Crippen LogP contribution in [-0.2, 0) is 0 Å². The molecule has 0 aliphatic rings. The van der Waals surface area contributed by atoms with E-state index in [-0.39, 0.29) is 5.56 Å². The third-order valence-corrected chi connectivity index (χ3v) is 4.07. The van der Waals surface area contributed by atoms with Crippen LogP contribution in [0.3, 0.4) is 0 Å². The van der Waals surface area contributed by atoms with Gasteiger partial charge in [0.1, 0.15) is 11.9 Å². The first-order valence-electron chi connectivity index (χ1n) is 5.74. The van der Waals surface area contributed by atoms with Crippen LogP contribution in [-0.4, -0.2) is 0 Å². The molecule has 0 heterocycles. The molecule has 0 spiro atoms. The summed E-state index contributed by atoms with van der Waals surface area (Å²) in [7, 11) is 0. The van der Waals surface area contributed by atoms with Crippen LogP contribution >= 0.6 is 15.9 Å². The van der Waals surface area contributed by atoms with Crippen LogP contribution in [0, 0.1) is 31.0 Å². The van der Waals surface area contributed by atoms with E-state index < -0.39 is 5.82 Å². The molecule has 19 heavy (non-hydrogen) atoms. The Morgan fingerprint density at radius 3 is 2.26 bits per heavy atom. The highest BCUT2D eigenvalue weighted by atomic mass is 79.9. The normalized spacial score (nSPS) is 10.1. The second-order valence-electron chi connectivity index (χ2n) is 4.36. The SMILES string of the molecule is Cc1cc(Nc2ccc(C#N)c(F)c2)cc(C)c1Br. The molecule has 2 aromatic rings. The van der Waals surface area contributed by atoms with Crippen molar-refractivity contribution in [2.75, 3.05) is 5.32 Å². The molecule has 2 aromatic carbocycles. The number of nitriles is 1. The molecule has 0 fully saturated rings. The molecule has 0 radical (unpaired) electrons. The molecule has 0 amide bonds. The largest absolute Gasteiger partial charge is 0.355 e. The van der Waals surface area contributed by atoms with Crippen molar-refractivity contribution in [2.45, 2.75) is 13.8 Å². The highest BCUT2D eigenvalue weighted by Crippen LogP contribution is 2.27. The van der Waals surface area contributed by atoms with Crippen molar-refractivity contribution in [1.82, 2.24) is 0 Å². The molecule has 96 valence electrons. The lowest BCUT2D eigenvalue weighted by molar-refractivity contribution is 0.624. The van der Waals surface area contributed by atoms with Crippen molar-refractivity contribution in [3.05, 3.63) is 57.3 Å². The van der Waals surface area contributed by atoms with Crippen LogP contribution in [0.15, 0.2) is 34.8 Å². The quantitative estimate of drug-likeness (QED) is 0.861. The van der Waals surface area contributed by atoms with Crippen molar-refractivity contribution in [3.8, 4) is 6.07 Å². The summed E-state index contributed by atoms with van der Waals surface area (Å²) in [4.78, 5) is 0. The minimum atomic E-state index is -0.516. The van der Waals surface area contributed by atoms with Gasteiger partial charge in [0.2, 0.25) is 0 Å². The lowest BCUT2D eigenvalue weighted by atomic mass is 10.1. The first kappa shape index (κ1) is 13.6. The third kappa shape index (κ3) is 2.94. The summed E-state index contributed by atoms with van der Waals surface area (Å²) in [5, 5.41) is 11.8. The average molecular weight is 319 g/mol. The Hall–Kier alpha value is -1.86. The second kappa shape index (κ2) is 5.41. The molecule has 1 N–H and O–H groups in total. The molecule has 0 unspecified atom stereocenters. The summed E-state index contributed by atoms with van der Waals surface area (Å²) in [6.45, 7) is 4.00. The summed E-state index contributed by atoms with van der Waals surface area (Å²) in [6.07, 6.45) is 0. The first-order chi connectivity index (χ1) is 9.01. The van der Waals surface area contributed by atoms with E-state index >= 15 is 0 Å². The predicted molar refractivity (Wildman–Crippen MR) is 78.0 cm³/mol. The van der Waals surface area contributed by atoms with Gasteiger partial charge >= 0.3 is 0 Å². The lowest BCUT2D eigenvalue weighted by Gasteiger charge is -2.11. The number of benzene rings is 2. The molecule has 0 saturated carbocycles. The Balaban J connectivity index is 2.32. The van der Waals surface area contributed by atoms with Crippen molar-refractivity contribution in [3.63, 3.8) is 0 Å². The maximum atomic E-state index is 13.5. The van der Waals surface area contributed by atoms with Crippen LogP contribution in [0.2, 0.25) is 0 Å². The van der Waals surface area contributed by atoms with Gasteiger partial charge in [0.25, 0.3) is 0 Å². The maximum absolute atomic E-state index is 13.5. The van der Waals surface area contributed by atoms with Crippen LogP contribution in [0.4, 0.5) is 15.8 Å². The molecule has 0 aliphatic heterocycles. The zero-order valence-corrected chi connectivity index (χ0v) is 12.2. The van der Waals surface area contributed by atoms with Gasteiger partial charge in [-0.05, 0) is 55.3 Å². The van der Waals surface area contributed by atoms with Gasteiger partial charge in [-0.2, -0.15) is 5.26 Å². The van der Waals surface area contributed by atoms with Crippen LogP contribution in [0.25, 0.3) is 0 Å². The smallest absolute Gasteiger partial charge is 0.143 e. The van der Waals surface area contributed by atoms with E-state index in [0.29, 0.717) is 5.69 Å². The molecule has 0 bridgehead atoms. The van der Waals surface area contributed by atoms with Crippen LogP contribution in [0.1, 0.15) is 16.7 Å². The molecule has 2 nitrogen and oxygen atoms in total. The Kier molecular flexibility index (Phi) is 3.87. The number of rotatable bonds is 2. The highest BCUT2D eigenvalue weighted by molar-refractivity contribution is 9.10. The van der Waals surface area contributed by atoms with Gasteiger partial charge in [0.05, 0.1) is 5.56 Å². The molecule has 4 heteroatoms. The standard InChI is InChI=1S/C15H12BrFN2/c1-9-5-13(6-10(2)15(9)16)19-12-4-3-11(8-18)14(17)7-12/h3-7,19H,1-2H3. The number of nitrogens with one attached hydrogen (secondary N) is 1. The molecule has 0 saturated heterocycles. The predicted octanol–water partition coefficient (Wildman–Crippen LogP) is 4.82. The lowest BCUT2D eigenvalue weighted by Crippen LogP contribution is -1.94. The van der Waals surface area contributed by atoms with Crippen LogP contribution in [0.5, 0.6) is 0 Å². The number of aryl methyl sites for hydroxylation is 2. The Labute approximate surface area is 120 Å². The fourth-order valence-corrected chi connectivity index (χ4v) is 2.10. The summed E-state index contributed by atoms with van der Waals surface area (Å²) in [5.74, 6) is -0.516. The molecule has 2 rings (SSSR count). The van der Waals surface area contributed by atoms with Crippen molar-refractivity contribution in [2.24, 2.45) is 0 Å². The van der Waals surface area contributed by atoms with Crippen LogP contribution < -0.4 is 5.32 Å². The number of hydrogen-bond acceptors (Lipinski definition) is 2. The topological polar surface area (TPSA) is 35.8 Å². The summed E-state index contributed by atoms with van der Waals surface area (Å²) >= 11 is 3.51. The summed E-state index contributed by atoms with van der Waals surface area (Å²) < 4.78 is 14.6. The van der Waals surface area contributed by atoms with E-state index in [2.05, 4.69) is 21.2 Å². The fourth-order valence-electron chi connectivity index (χ4n) is 1.87. The number of hydrogen-bond donors (Lipinski definition) is 1. The zero-order chi connectivity index (χ0) is 14.0. The number of halogens is 2. The van der Waals surface area contributed by atoms with Gasteiger partial charge in [0.15, 0.2) is 0 Å². The van der Waals surface area contributed by atoms with E-state index in [9.17, 15) is 4.39 Å². The highest BCUT2D eigenvalue weighted by Gasteiger charge is 2.05. The van der Waals surface area contributed by atoms with Gasteiger partial charge < -0.3 is 5.32 Å². The average Bonchev–Trinajstić information content (AvgIpc) is 2.36. The zero-order valence-electron chi connectivity index (χ0n) is 10.6. The van der Waals surface area contributed by atoms with Gasteiger partial charge in [0, 0.05) is 15.8 Å². The van der Waals surface area contributed by atoms with Crippen molar-refractivity contribution >= 4 is 27.3 Å². The summed E-state index contributed by atoms with van der Waals surface area (Å²) in [5.41, 5.74) is 3.78. The summed E-state index contributed by atoms with van der Waals surface area (Å²) in [6, 6.07) is 10.2. The Morgan fingerprint density at radius 1 is 1.11 bits per heavy atom. The minimum absolute atomic E-state index is 0.0497. The van der Waals surface area contributed by atoms with E-state index in [1.807, 2.05) is 26.0 Å². The van der Waals surface area contributed by atoms with E-state index in [1.54, 1.807) is 12.1 Å². The van der Waals surface area contributed by atoms with Gasteiger partial charge in [-0.15, -0.1) is 0 Å². The first-order valence-corrected chi connectivity index (χ1v) is 6.54. The van der Waals surface area contributed by atoms with Gasteiger partial charge in [-0.25, -0.2) is 4.39 Å². The van der Waals surface area contributed by atoms with Gasteiger partial charge in [-0.1, -0.05) is 15.9 Å². The van der Waals surface area contributed by atoms with Crippen molar-refractivity contribution in [1.29, 1.82) is 5.26 Å². The minimum Gasteiger partial charge on any atom is -0.355 e. The molecule has 0 atom stereocenters. The third-order valence-electron chi connectivity index (χ3n) is 2.81. The monoisotopic (exact) mass is 318 g/mol.